The normalized spacial score (nSPS) is 18.3. The van der Waals surface area contributed by atoms with Gasteiger partial charge in [-0.2, -0.15) is 0 Å². The van der Waals surface area contributed by atoms with Crippen LogP contribution in [-0.2, 0) is 4.79 Å². The Bertz CT molecular complexity index is 448. The van der Waals surface area contributed by atoms with Gasteiger partial charge in [-0.05, 0) is 37.5 Å². The summed E-state index contributed by atoms with van der Waals surface area (Å²) in [6.07, 6.45) is 5.53. The molecule has 0 radical (unpaired) electrons. The van der Waals surface area contributed by atoms with Gasteiger partial charge >= 0.3 is 0 Å². The summed E-state index contributed by atoms with van der Waals surface area (Å²) in [4.78, 5) is 12.3. The van der Waals surface area contributed by atoms with Gasteiger partial charge in [-0.1, -0.05) is 32.3 Å². The Labute approximate surface area is 109 Å². The van der Waals surface area contributed by atoms with Crippen LogP contribution in [0.15, 0.2) is 18.2 Å². The minimum Gasteiger partial charge on any atom is -0.398 e. The van der Waals surface area contributed by atoms with Crippen LogP contribution in [0.3, 0.4) is 0 Å². The second-order valence-electron chi connectivity index (χ2n) is 5.65. The minimum atomic E-state index is -0.210. The Balaban J connectivity index is 2.08. The number of aryl methyl sites for hydroxylation is 1. The van der Waals surface area contributed by atoms with Crippen molar-refractivity contribution in [3.63, 3.8) is 0 Å². The van der Waals surface area contributed by atoms with E-state index in [-0.39, 0.29) is 11.3 Å². The fourth-order valence-electron chi connectivity index (χ4n) is 2.56. The van der Waals surface area contributed by atoms with Gasteiger partial charge in [0.2, 0.25) is 5.91 Å². The molecule has 0 bridgehead atoms. The van der Waals surface area contributed by atoms with E-state index in [0.717, 1.165) is 42.6 Å². The standard InChI is InChI=1S/C15H22N2O/c1-11-6-7-12(10-13(11)16)17-14(18)15(2)8-4-3-5-9-15/h6-7,10H,3-5,8-9,16H2,1-2H3,(H,17,18). The Morgan fingerprint density at radius 1 is 1.28 bits per heavy atom. The van der Waals surface area contributed by atoms with E-state index in [1.807, 2.05) is 25.1 Å². The molecule has 1 aromatic carbocycles. The number of hydrogen-bond donors (Lipinski definition) is 2. The number of nitrogens with two attached hydrogens (primary N) is 1. The van der Waals surface area contributed by atoms with E-state index >= 15 is 0 Å². The summed E-state index contributed by atoms with van der Waals surface area (Å²) >= 11 is 0. The highest BCUT2D eigenvalue weighted by Gasteiger charge is 2.34. The van der Waals surface area contributed by atoms with Crippen LogP contribution < -0.4 is 11.1 Å². The fourth-order valence-corrected chi connectivity index (χ4v) is 2.56. The van der Waals surface area contributed by atoms with Gasteiger partial charge in [0.25, 0.3) is 0 Å². The number of carbonyl (C=O) groups excluding carboxylic acids is 1. The lowest BCUT2D eigenvalue weighted by Crippen LogP contribution is -2.35. The second kappa shape index (κ2) is 5.01. The maximum Gasteiger partial charge on any atom is 0.230 e. The third kappa shape index (κ3) is 2.66. The van der Waals surface area contributed by atoms with E-state index in [4.69, 9.17) is 5.73 Å². The molecule has 2 rings (SSSR count). The molecule has 0 aliphatic heterocycles. The summed E-state index contributed by atoms with van der Waals surface area (Å²) in [5.74, 6) is 0.130. The van der Waals surface area contributed by atoms with Gasteiger partial charge in [-0.3, -0.25) is 4.79 Å². The minimum absolute atomic E-state index is 0.130. The Kier molecular flexibility index (Phi) is 3.60. The lowest BCUT2D eigenvalue weighted by Gasteiger charge is -2.32. The lowest BCUT2D eigenvalue weighted by molar-refractivity contribution is -0.126. The Morgan fingerprint density at radius 2 is 1.94 bits per heavy atom. The van der Waals surface area contributed by atoms with Gasteiger partial charge in [-0.15, -0.1) is 0 Å². The molecule has 0 aromatic heterocycles. The van der Waals surface area contributed by atoms with Crippen molar-refractivity contribution in [2.24, 2.45) is 5.41 Å². The van der Waals surface area contributed by atoms with Crippen molar-refractivity contribution < 1.29 is 4.79 Å². The van der Waals surface area contributed by atoms with Crippen molar-refractivity contribution in [1.82, 2.24) is 0 Å². The summed E-state index contributed by atoms with van der Waals surface area (Å²) in [5.41, 5.74) is 8.21. The molecule has 1 amide bonds. The highest BCUT2D eigenvalue weighted by atomic mass is 16.2. The zero-order valence-electron chi connectivity index (χ0n) is 11.3. The first-order valence-corrected chi connectivity index (χ1v) is 6.69. The van der Waals surface area contributed by atoms with Crippen molar-refractivity contribution in [1.29, 1.82) is 0 Å². The van der Waals surface area contributed by atoms with Crippen LogP contribution in [0.1, 0.15) is 44.6 Å². The molecule has 3 nitrogen and oxygen atoms in total. The van der Waals surface area contributed by atoms with Crippen molar-refractivity contribution in [2.45, 2.75) is 46.0 Å². The molecular weight excluding hydrogens is 224 g/mol. The monoisotopic (exact) mass is 246 g/mol. The maximum atomic E-state index is 12.3. The van der Waals surface area contributed by atoms with E-state index in [2.05, 4.69) is 12.2 Å². The zero-order chi connectivity index (χ0) is 13.2. The predicted molar refractivity (Wildman–Crippen MR) is 75.4 cm³/mol. The number of nitrogen functional groups attached to an aromatic ring is 1. The molecule has 0 heterocycles. The van der Waals surface area contributed by atoms with Gasteiger partial charge in [0.1, 0.15) is 0 Å². The quantitative estimate of drug-likeness (QED) is 0.785. The van der Waals surface area contributed by atoms with Crippen molar-refractivity contribution in [2.75, 3.05) is 11.1 Å². The highest BCUT2D eigenvalue weighted by molar-refractivity contribution is 5.95. The van der Waals surface area contributed by atoms with Crippen molar-refractivity contribution in [3.05, 3.63) is 23.8 Å². The predicted octanol–water partition coefficient (Wildman–Crippen LogP) is 3.49. The molecule has 3 N–H and O–H groups in total. The summed E-state index contributed by atoms with van der Waals surface area (Å²) < 4.78 is 0. The molecule has 18 heavy (non-hydrogen) atoms. The van der Waals surface area contributed by atoms with Gasteiger partial charge in [0.05, 0.1) is 0 Å². The van der Waals surface area contributed by atoms with Crippen LogP contribution in [-0.4, -0.2) is 5.91 Å². The summed E-state index contributed by atoms with van der Waals surface area (Å²) in [6.45, 7) is 4.03. The molecule has 1 aromatic rings. The van der Waals surface area contributed by atoms with E-state index < -0.39 is 0 Å². The van der Waals surface area contributed by atoms with E-state index in [0.29, 0.717) is 0 Å². The fraction of sp³-hybridized carbons (Fsp3) is 0.533. The summed E-state index contributed by atoms with van der Waals surface area (Å²) in [5, 5.41) is 3.00. The molecule has 0 spiro atoms. The maximum absolute atomic E-state index is 12.3. The lowest BCUT2D eigenvalue weighted by atomic mass is 9.75. The van der Waals surface area contributed by atoms with Crippen LogP contribution in [0.25, 0.3) is 0 Å². The number of anilines is 2. The number of rotatable bonds is 2. The molecule has 1 fully saturated rings. The van der Waals surface area contributed by atoms with Crippen molar-refractivity contribution in [3.8, 4) is 0 Å². The molecule has 3 heteroatoms. The summed E-state index contributed by atoms with van der Waals surface area (Å²) in [6, 6.07) is 5.68. The van der Waals surface area contributed by atoms with E-state index in [1.54, 1.807) is 0 Å². The topological polar surface area (TPSA) is 55.1 Å². The number of carbonyl (C=O) groups is 1. The van der Waals surface area contributed by atoms with E-state index in [9.17, 15) is 4.79 Å². The summed E-state index contributed by atoms with van der Waals surface area (Å²) in [7, 11) is 0. The largest absolute Gasteiger partial charge is 0.398 e. The number of amides is 1. The third-order valence-corrected chi connectivity index (χ3v) is 4.04. The average molecular weight is 246 g/mol. The molecule has 1 saturated carbocycles. The SMILES string of the molecule is Cc1ccc(NC(=O)C2(C)CCCCC2)cc1N. The highest BCUT2D eigenvalue weighted by Crippen LogP contribution is 2.36. The van der Waals surface area contributed by atoms with Crippen LogP contribution in [0.5, 0.6) is 0 Å². The van der Waals surface area contributed by atoms with E-state index in [1.165, 1.54) is 6.42 Å². The van der Waals surface area contributed by atoms with Crippen LogP contribution >= 0.6 is 0 Å². The van der Waals surface area contributed by atoms with Gasteiger partial charge in [0, 0.05) is 16.8 Å². The molecule has 0 atom stereocenters. The Hall–Kier alpha value is -1.51. The first-order valence-electron chi connectivity index (χ1n) is 6.69. The zero-order valence-corrected chi connectivity index (χ0v) is 11.3. The van der Waals surface area contributed by atoms with Crippen LogP contribution in [0.2, 0.25) is 0 Å². The molecule has 1 aliphatic carbocycles. The van der Waals surface area contributed by atoms with Gasteiger partial charge < -0.3 is 11.1 Å². The van der Waals surface area contributed by atoms with Gasteiger partial charge in [-0.25, -0.2) is 0 Å². The second-order valence-corrected chi connectivity index (χ2v) is 5.65. The number of nitrogens with one attached hydrogen (secondary N) is 1. The van der Waals surface area contributed by atoms with Crippen LogP contribution in [0.4, 0.5) is 11.4 Å². The Morgan fingerprint density at radius 3 is 2.56 bits per heavy atom. The number of hydrogen-bond acceptors (Lipinski definition) is 2. The van der Waals surface area contributed by atoms with Gasteiger partial charge in [0.15, 0.2) is 0 Å². The average Bonchev–Trinajstić information content (AvgIpc) is 2.35. The first-order chi connectivity index (χ1) is 8.51. The third-order valence-electron chi connectivity index (χ3n) is 4.04. The molecule has 98 valence electrons. The van der Waals surface area contributed by atoms with Crippen molar-refractivity contribution >= 4 is 17.3 Å². The molecule has 0 saturated heterocycles. The number of benzene rings is 1. The first kappa shape index (κ1) is 12.9. The smallest absolute Gasteiger partial charge is 0.230 e. The molecule has 1 aliphatic rings. The molecular formula is C15H22N2O. The van der Waals surface area contributed by atoms with Crippen LogP contribution in [0, 0.1) is 12.3 Å². The molecule has 0 unspecified atom stereocenters.